The largest absolute Gasteiger partial charge is 0.353 e. The van der Waals surface area contributed by atoms with E-state index in [0.29, 0.717) is 42.9 Å². The van der Waals surface area contributed by atoms with Gasteiger partial charge < -0.3 is 10.2 Å². The van der Waals surface area contributed by atoms with Crippen molar-refractivity contribution in [2.45, 2.75) is 6.04 Å². The highest BCUT2D eigenvalue weighted by atomic mass is 19.2. The van der Waals surface area contributed by atoms with Crippen LogP contribution in [-0.2, 0) is 4.79 Å². The number of fused-ring (bicyclic) bond motifs is 1. The third kappa shape index (κ3) is 3.42. The van der Waals surface area contributed by atoms with Gasteiger partial charge in [0, 0.05) is 38.3 Å². The first-order valence-corrected chi connectivity index (χ1v) is 8.89. The standard InChI is InChI=1S/C20H19F2N3O2/c21-16-5-4-14(11-17(16)22)13-2-1-3-15(10-13)20(27)25-9-8-24-7-6-23-19(26)18(24)12-25/h1-5,10-11,18H,6-9,12H2,(H,23,26)/t18-/m1/s1. The maximum absolute atomic E-state index is 13.5. The summed E-state index contributed by atoms with van der Waals surface area (Å²) in [4.78, 5) is 28.8. The number of halogens is 2. The zero-order valence-electron chi connectivity index (χ0n) is 14.6. The fourth-order valence-electron chi connectivity index (χ4n) is 3.65. The second kappa shape index (κ2) is 7.08. The Kier molecular flexibility index (Phi) is 4.61. The molecule has 27 heavy (non-hydrogen) atoms. The van der Waals surface area contributed by atoms with Gasteiger partial charge in [0.15, 0.2) is 11.6 Å². The summed E-state index contributed by atoms with van der Waals surface area (Å²) in [5.74, 6) is -2.05. The first kappa shape index (κ1) is 17.6. The lowest BCUT2D eigenvalue weighted by atomic mass is 10.0. The third-order valence-electron chi connectivity index (χ3n) is 5.14. The summed E-state index contributed by atoms with van der Waals surface area (Å²) < 4.78 is 26.7. The molecule has 0 aromatic heterocycles. The minimum atomic E-state index is -0.927. The molecule has 0 bridgehead atoms. The molecule has 2 aliphatic rings. The number of carbonyl (C=O) groups excluding carboxylic acids is 2. The zero-order chi connectivity index (χ0) is 19.0. The highest BCUT2D eigenvalue weighted by Gasteiger charge is 2.36. The van der Waals surface area contributed by atoms with Gasteiger partial charge in [-0.2, -0.15) is 0 Å². The molecule has 1 N–H and O–H groups in total. The topological polar surface area (TPSA) is 52.7 Å². The third-order valence-corrected chi connectivity index (χ3v) is 5.14. The molecule has 0 unspecified atom stereocenters. The quantitative estimate of drug-likeness (QED) is 0.877. The summed E-state index contributed by atoms with van der Waals surface area (Å²) in [6.07, 6.45) is 0. The van der Waals surface area contributed by atoms with E-state index in [1.807, 2.05) is 0 Å². The summed E-state index contributed by atoms with van der Waals surface area (Å²) in [5.41, 5.74) is 1.59. The lowest BCUT2D eigenvalue weighted by molar-refractivity contribution is -0.131. The molecule has 5 nitrogen and oxygen atoms in total. The molecule has 0 spiro atoms. The van der Waals surface area contributed by atoms with E-state index in [0.717, 1.165) is 18.7 Å². The Hall–Kier alpha value is -2.80. The number of hydrogen-bond acceptors (Lipinski definition) is 3. The molecule has 2 aromatic carbocycles. The molecule has 0 saturated carbocycles. The number of hydrogen-bond donors (Lipinski definition) is 1. The molecule has 2 heterocycles. The molecule has 0 aliphatic carbocycles. The SMILES string of the molecule is O=C1NCCN2CCN(C(=O)c3cccc(-c4ccc(F)c(F)c4)c3)C[C@H]12. The summed E-state index contributed by atoms with van der Waals surface area (Å²) in [6, 6.07) is 10.2. The van der Waals surface area contributed by atoms with Gasteiger partial charge in [0.1, 0.15) is 6.04 Å². The average Bonchev–Trinajstić information content (AvgIpc) is 2.70. The van der Waals surface area contributed by atoms with Crippen LogP contribution in [0.25, 0.3) is 11.1 Å². The van der Waals surface area contributed by atoms with Crippen LogP contribution in [0.4, 0.5) is 8.78 Å². The van der Waals surface area contributed by atoms with Crippen LogP contribution in [0.15, 0.2) is 42.5 Å². The number of amides is 2. The summed E-state index contributed by atoms with van der Waals surface area (Å²) in [7, 11) is 0. The maximum Gasteiger partial charge on any atom is 0.253 e. The molecule has 7 heteroatoms. The van der Waals surface area contributed by atoms with Crippen molar-refractivity contribution in [1.29, 1.82) is 0 Å². The molecule has 2 aromatic rings. The molecule has 1 atom stereocenters. The second-order valence-electron chi connectivity index (χ2n) is 6.80. The number of rotatable bonds is 2. The van der Waals surface area contributed by atoms with Crippen LogP contribution in [-0.4, -0.2) is 60.4 Å². The predicted octanol–water partition coefficient (Wildman–Crippen LogP) is 1.89. The van der Waals surface area contributed by atoms with E-state index in [1.54, 1.807) is 29.2 Å². The smallest absolute Gasteiger partial charge is 0.253 e. The number of piperazine rings is 2. The van der Waals surface area contributed by atoms with E-state index in [4.69, 9.17) is 0 Å². The van der Waals surface area contributed by atoms with Crippen LogP contribution in [0, 0.1) is 11.6 Å². The van der Waals surface area contributed by atoms with Crippen LogP contribution in [0.3, 0.4) is 0 Å². The van der Waals surface area contributed by atoms with Crippen molar-refractivity contribution < 1.29 is 18.4 Å². The lowest BCUT2D eigenvalue weighted by Gasteiger charge is -2.43. The fourth-order valence-corrected chi connectivity index (χ4v) is 3.65. The number of nitrogens with zero attached hydrogens (tertiary/aromatic N) is 2. The highest BCUT2D eigenvalue weighted by Crippen LogP contribution is 2.24. The van der Waals surface area contributed by atoms with Crippen molar-refractivity contribution in [3.05, 3.63) is 59.7 Å². The Bertz CT molecular complexity index is 903. The first-order valence-electron chi connectivity index (χ1n) is 8.89. The number of carbonyl (C=O) groups is 2. The van der Waals surface area contributed by atoms with Gasteiger partial charge in [-0.15, -0.1) is 0 Å². The Morgan fingerprint density at radius 3 is 2.63 bits per heavy atom. The molecular formula is C20H19F2N3O2. The van der Waals surface area contributed by atoms with Crippen molar-refractivity contribution in [1.82, 2.24) is 15.1 Å². The molecule has 2 saturated heterocycles. The predicted molar refractivity (Wildman–Crippen MR) is 96.1 cm³/mol. The fraction of sp³-hybridized carbons (Fsp3) is 0.300. The van der Waals surface area contributed by atoms with Crippen LogP contribution in [0.1, 0.15) is 10.4 Å². The molecule has 2 aliphatic heterocycles. The second-order valence-corrected chi connectivity index (χ2v) is 6.80. The Balaban J connectivity index is 1.55. The molecule has 2 amide bonds. The lowest BCUT2D eigenvalue weighted by Crippen LogP contribution is -2.64. The van der Waals surface area contributed by atoms with Crippen molar-refractivity contribution >= 4 is 11.8 Å². The molecule has 2 fully saturated rings. The average molecular weight is 371 g/mol. The number of nitrogens with one attached hydrogen (secondary N) is 1. The van der Waals surface area contributed by atoms with E-state index in [2.05, 4.69) is 10.2 Å². The highest BCUT2D eigenvalue weighted by molar-refractivity contribution is 5.96. The van der Waals surface area contributed by atoms with Gasteiger partial charge in [0.2, 0.25) is 5.91 Å². The van der Waals surface area contributed by atoms with Crippen LogP contribution in [0.5, 0.6) is 0 Å². The van der Waals surface area contributed by atoms with Gasteiger partial charge in [-0.25, -0.2) is 8.78 Å². The van der Waals surface area contributed by atoms with E-state index < -0.39 is 11.6 Å². The minimum absolute atomic E-state index is 0.0470. The van der Waals surface area contributed by atoms with E-state index >= 15 is 0 Å². The number of benzene rings is 2. The van der Waals surface area contributed by atoms with Gasteiger partial charge in [-0.05, 0) is 35.4 Å². The summed E-state index contributed by atoms with van der Waals surface area (Å²) in [6.45, 7) is 2.99. The van der Waals surface area contributed by atoms with E-state index in [1.165, 1.54) is 6.07 Å². The van der Waals surface area contributed by atoms with Crippen molar-refractivity contribution in [3.8, 4) is 11.1 Å². The molecule has 4 rings (SSSR count). The van der Waals surface area contributed by atoms with E-state index in [-0.39, 0.29) is 17.9 Å². The van der Waals surface area contributed by atoms with Crippen LogP contribution >= 0.6 is 0 Å². The molecule has 140 valence electrons. The van der Waals surface area contributed by atoms with Gasteiger partial charge in [-0.1, -0.05) is 18.2 Å². The van der Waals surface area contributed by atoms with Gasteiger partial charge in [0.05, 0.1) is 0 Å². The van der Waals surface area contributed by atoms with Crippen molar-refractivity contribution in [3.63, 3.8) is 0 Å². The van der Waals surface area contributed by atoms with Gasteiger partial charge >= 0.3 is 0 Å². The van der Waals surface area contributed by atoms with Crippen molar-refractivity contribution in [2.24, 2.45) is 0 Å². The molecular weight excluding hydrogens is 352 g/mol. The van der Waals surface area contributed by atoms with Crippen LogP contribution < -0.4 is 5.32 Å². The zero-order valence-corrected chi connectivity index (χ0v) is 14.6. The maximum atomic E-state index is 13.5. The Morgan fingerprint density at radius 1 is 1.00 bits per heavy atom. The Morgan fingerprint density at radius 2 is 1.81 bits per heavy atom. The van der Waals surface area contributed by atoms with Gasteiger partial charge in [0.25, 0.3) is 5.91 Å². The van der Waals surface area contributed by atoms with E-state index in [9.17, 15) is 18.4 Å². The summed E-state index contributed by atoms with van der Waals surface area (Å²) >= 11 is 0. The minimum Gasteiger partial charge on any atom is -0.353 e. The van der Waals surface area contributed by atoms with Crippen molar-refractivity contribution in [2.75, 3.05) is 32.7 Å². The van der Waals surface area contributed by atoms with Gasteiger partial charge in [-0.3, -0.25) is 14.5 Å². The monoisotopic (exact) mass is 371 g/mol. The van der Waals surface area contributed by atoms with Crippen LogP contribution in [0.2, 0.25) is 0 Å². The Labute approximate surface area is 155 Å². The molecule has 0 radical (unpaired) electrons. The normalized spacial score (nSPS) is 20.1. The first-order chi connectivity index (χ1) is 13.0. The summed E-state index contributed by atoms with van der Waals surface area (Å²) in [5, 5.41) is 2.84.